The van der Waals surface area contributed by atoms with Gasteiger partial charge in [0.2, 0.25) is 0 Å². The largest absolute Gasteiger partial charge is 0.442 e. The number of fused-ring (bicyclic) bond motifs is 1. The van der Waals surface area contributed by atoms with E-state index in [1.54, 1.807) is 4.90 Å². The van der Waals surface area contributed by atoms with Crippen molar-refractivity contribution in [1.82, 2.24) is 5.32 Å². The third kappa shape index (κ3) is 3.46. The summed E-state index contributed by atoms with van der Waals surface area (Å²) in [6.07, 6.45) is -1.45. The van der Waals surface area contributed by atoms with Crippen molar-refractivity contribution < 1.29 is 23.1 Å². The second-order valence-corrected chi connectivity index (χ2v) is 8.33. The number of nitrogens with one attached hydrogen (secondary N) is 1. The highest BCUT2D eigenvalue weighted by molar-refractivity contribution is 6.53. The fraction of sp³-hybridized carbons (Fsp3) is 0.529. The van der Waals surface area contributed by atoms with Crippen molar-refractivity contribution in [2.45, 2.75) is 17.0 Å². The number of halogens is 4. The number of alkyl halides is 2. The number of nitrogens with zero attached hydrogens (tertiary/aromatic N) is 2. The van der Waals surface area contributed by atoms with Crippen LogP contribution in [0.15, 0.2) is 12.1 Å². The van der Waals surface area contributed by atoms with Crippen LogP contribution in [-0.4, -0.2) is 55.2 Å². The number of nitrogens with two attached hydrogens (primary N) is 1. The minimum Gasteiger partial charge on any atom is -0.442 e. The van der Waals surface area contributed by atoms with Gasteiger partial charge in [-0.15, -0.1) is 0 Å². The number of piperidine rings is 1. The van der Waals surface area contributed by atoms with E-state index in [4.69, 9.17) is 33.7 Å². The number of carbonyl (C=O) groups excluding carboxylic acids is 2. The molecule has 4 rings (SSSR count). The predicted molar refractivity (Wildman–Crippen MR) is 99.6 cm³/mol. The van der Waals surface area contributed by atoms with Crippen molar-refractivity contribution >= 4 is 46.6 Å². The lowest BCUT2D eigenvalue weighted by molar-refractivity contribution is -0.119. The number of ether oxygens (including phenoxy) is 1. The number of amides is 2. The molecule has 0 aromatic heterocycles. The topological polar surface area (TPSA) is 87.9 Å². The molecule has 28 heavy (non-hydrogen) atoms. The van der Waals surface area contributed by atoms with E-state index in [-0.39, 0.29) is 42.3 Å². The molecule has 2 amide bonds. The van der Waals surface area contributed by atoms with Gasteiger partial charge in [0.05, 0.1) is 18.8 Å². The molecule has 2 saturated heterocycles. The Balaban J connectivity index is 1.44. The van der Waals surface area contributed by atoms with E-state index in [2.05, 4.69) is 5.32 Å². The first kappa shape index (κ1) is 19.5. The van der Waals surface area contributed by atoms with E-state index >= 15 is 0 Å². The number of hydrogen-bond donors (Lipinski definition) is 2. The lowest BCUT2D eigenvalue weighted by Gasteiger charge is -2.24. The summed E-state index contributed by atoms with van der Waals surface area (Å²) in [7, 11) is 0. The fourth-order valence-corrected chi connectivity index (χ4v) is 4.05. The molecule has 3 atom stereocenters. The quantitative estimate of drug-likeness (QED) is 0.687. The Morgan fingerprint density at radius 1 is 1.25 bits per heavy atom. The molecule has 152 valence electrons. The average Bonchev–Trinajstić information content (AvgIpc) is 3.00. The number of rotatable bonds is 5. The summed E-state index contributed by atoms with van der Waals surface area (Å²) >= 11 is 10.9. The third-order valence-corrected chi connectivity index (χ3v) is 5.86. The molecule has 3 unspecified atom stereocenters. The van der Waals surface area contributed by atoms with Crippen LogP contribution in [0.1, 0.15) is 0 Å². The first-order valence-electron chi connectivity index (χ1n) is 8.80. The number of carbonyl (C=O) groups is 2. The highest BCUT2D eigenvalue weighted by Crippen LogP contribution is 2.46. The van der Waals surface area contributed by atoms with E-state index < -0.39 is 34.6 Å². The average molecular weight is 435 g/mol. The molecule has 1 saturated carbocycles. The maximum Gasteiger partial charge on any atom is 0.414 e. The van der Waals surface area contributed by atoms with E-state index in [9.17, 15) is 18.4 Å². The highest BCUT2D eigenvalue weighted by Gasteiger charge is 2.54. The van der Waals surface area contributed by atoms with Crippen LogP contribution in [0, 0.1) is 23.5 Å². The zero-order chi connectivity index (χ0) is 20.2. The van der Waals surface area contributed by atoms with Crippen molar-refractivity contribution in [2.24, 2.45) is 17.6 Å². The zero-order valence-corrected chi connectivity index (χ0v) is 16.1. The van der Waals surface area contributed by atoms with Gasteiger partial charge < -0.3 is 20.7 Å². The molecule has 1 aliphatic carbocycles. The summed E-state index contributed by atoms with van der Waals surface area (Å²) in [6.45, 7) is 1.05. The van der Waals surface area contributed by atoms with Gasteiger partial charge in [0.25, 0.3) is 5.91 Å². The van der Waals surface area contributed by atoms with Gasteiger partial charge in [0.1, 0.15) is 11.8 Å². The van der Waals surface area contributed by atoms with Crippen molar-refractivity contribution in [3.63, 3.8) is 0 Å². The molecule has 11 heteroatoms. The SMILES string of the molecule is NC1C2CN(c3c(F)cc(N4CC(CNC(=O)C(Cl)Cl)OC4=O)cc3F)CC12. The fourth-order valence-electron chi connectivity index (χ4n) is 3.90. The summed E-state index contributed by atoms with van der Waals surface area (Å²) in [5.41, 5.74) is 5.82. The zero-order valence-electron chi connectivity index (χ0n) is 14.6. The molecular weight excluding hydrogens is 417 g/mol. The molecule has 0 spiro atoms. The van der Waals surface area contributed by atoms with Crippen LogP contribution in [0.4, 0.5) is 25.0 Å². The van der Waals surface area contributed by atoms with Gasteiger partial charge in [-0.3, -0.25) is 9.69 Å². The summed E-state index contributed by atoms with van der Waals surface area (Å²) in [4.78, 5) is 25.0. The van der Waals surface area contributed by atoms with Gasteiger partial charge in [-0.25, -0.2) is 13.6 Å². The molecule has 2 aliphatic heterocycles. The van der Waals surface area contributed by atoms with Crippen LogP contribution >= 0.6 is 23.2 Å². The van der Waals surface area contributed by atoms with Crippen molar-refractivity contribution in [3.8, 4) is 0 Å². The number of benzene rings is 1. The van der Waals surface area contributed by atoms with Crippen LogP contribution < -0.4 is 20.9 Å². The Bertz CT molecular complexity index is 793. The predicted octanol–water partition coefficient (Wildman–Crippen LogP) is 1.60. The molecule has 3 fully saturated rings. The molecular formula is C17H18Cl2F2N4O3. The van der Waals surface area contributed by atoms with Crippen LogP contribution in [0.2, 0.25) is 0 Å². The third-order valence-electron chi connectivity index (χ3n) is 5.47. The van der Waals surface area contributed by atoms with Gasteiger partial charge in [-0.1, -0.05) is 23.2 Å². The van der Waals surface area contributed by atoms with Gasteiger partial charge in [-0.05, 0) is 11.8 Å². The number of hydrogen-bond acceptors (Lipinski definition) is 5. The standard InChI is InChI=1S/C17H18Cl2F2N4O3/c18-15(19)16(26)23-3-8-4-25(17(27)28-8)7-1-11(20)14(12(21)2-7)24-5-9-10(6-24)13(9)22/h1-2,8-10,13,15H,3-6,22H2,(H,23,26). The monoisotopic (exact) mass is 434 g/mol. The number of anilines is 2. The lowest BCUT2D eigenvalue weighted by atomic mass is 10.2. The van der Waals surface area contributed by atoms with Gasteiger partial charge >= 0.3 is 6.09 Å². The molecule has 1 aromatic rings. The summed E-state index contributed by atoms with van der Waals surface area (Å²) in [5.74, 6) is -1.56. The van der Waals surface area contributed by atoms with E-state index in [0.29, 0.717) is 13.1 Å². The molecule has 1 aromatic carbocycles. The van der Waals surface area contributed by atoms with E-state index in [1.165, 1.54) is 0 Å². The smallest absolute Gasteiger partial charge is 0.414 e. The first-order valence-corrected chi connectivity index (χ1v) is 9.67. The normalized spacial score (nSPS) is 28.6. The van der Waals surface area contributed by atoms with Gasteiger partial charge in [0, 0.05) is 31.3 Å². The Morgan fingerprint density at radius 3 is 2.43 bits per heavy atom. The second kappa shape index (κ2) is 7.20. The first-order chi connectivity index (χ1) is 13.3. The molecule has 3 aliphatic rings. The van der Waals surface area contributed by atoms with Crippen molar-refractivity contribution in [3.05, 3.63) is 23.8 Å². The van der Waals surface area contributed by atoms with E-state index in [1.807, 2.05) is 0 Å². The van der Waals surface area contributed by atoms with Crippen LogP contribution in [-0.2, 0) is 9.53 Å². The summed E-state index contributed by atoms with van der Waals surface area (Å²) in [6, 6.07) is 2.34. The van der Waals surface area contributed by atoms with Crippen LogP contribution in [0.3, 0.4) is 0 Å². The van der Waals surface area contributed by atoms with Crippen molar-refractivity contribution in [2.75, 3.05) is 36.0 Å². The summed E-state index contributed by atoms with van der Waals surface area (Å²) < 4.78 is 34.4. The molecule has 0 bridgehead atoms. The Hall–Kier alpha value is -1.84. The van der Waals surface area contributed by atoms with Gasteiger partial charge in [0.15, 0.2) is 16.5 Å². The van der Waals surface area contributed by atoms with Crippen LogP contribution in [0.5, 0.6) is 0 Å². The highest BCUT2D eigenvalue weighted by atomic mass is 35.5. The minimum atomic E-state index is -1.24. The number of cyclic esters (lactones) is 1. The summed E-state index contributed by atoms with van der Waals surface area (Å²) in [5, 5.41) is 2.43. The Morgan fingerprint density at radius 2 is 1.86 bits per heavy atom. The maximum atomic E-state index is 14.6. The van der Waals surface area contributed by atoms with Crippen molar-refractivity contribution in [1.29, 1.82) is 0 Å². The Labute approximate surface area is 169 Å². The van der Waals surface area contributed by atoms with E-state index in [0.717, 1.165) is 17.0 Å². The molecule has 3 N–H and O–H groups in total. The molecule has 2 heterocycles. The van der Waals surface area contributed by atoms with Gasteiger partial charge in [-0.2, -0.15) is 0 Å². The molecule has 0 radical (unpaired) electrons. The van der Waals surface area contributed by atoms with Crippen LogP contribution in [0.25, 0.3) is 0 Å². The second-order valence-electron chi connectivity index (χ2n) is 7.23. The maximum absolute atomic E-state index is 14.6. The minimum absolute atomic E-state index is 0.0170. The lowest BCUT2D eigenvalue weighted by Crippen LogP contribution is -2.37. The Kier molecular flexibility index (Phi) is 5.01. The molecule has 7 nitrogen and oxygen atoms in total.